The summed E-state index contributed by atoms with van der Waals surface area (Å²) in [5.41, 5.74) is 0.106. The molecule has 2 heterocycles. The third kappa shape index (κ3) is 2.65. The van der Waals surface area contributed by atoms with Gasteiger partial charge in [0, 0.05) is 9.79 Å². The molecule has 0 radical (unpaired) electrons. The van der Waals surface area contributed by atoms with Crippen LogP contribution in [-0.2, 0) is 0 Å². The number of thioether (sulfide) groups is 4. The monoisotopic (exact) mass is 397 g/mol. The van der Waals surface area contributed by atoms with Gasteiger partial charge in [-0.1, -0.05) is 47.0 Å². The maximum atomic E-state index is 14.9. The Morgan fingerprint density at radius 2 is 1.32 bits per heavy atom. The summed E-state index contributed by atoms with van der Waals surface area (Å²) in [4.78, 5) is 7.39. The van der Waals surface area contributed by atoms with Crippen LogP contribution in [0.5, 0.6) is 0 Å². The average Bonchev–Trinajstić information content (AvgIpc) is 3.23. The van der Waals surface area contributed by atoms with E-state index in [4.69, 9.17) is 23.7 Å². The number of nitriles is 3. The van der Waals surface area contributed by atoms with E-state index in [0.717, 1.165) is 47.0 Å². The highest BCUT2D eigenvalue weighted by molar-refractivity contribution is 8.25. The summed E-state index contributed by atoms with van der Waals surface area (Å²) in [6.07, 6.45) is 0. The average molecular weight is 397 g/mol. The van der Waals surface area contributed by atoms with Crippen molar-refractivity contribution in [1.29, 1.82) is 15.8 Å². The number of benzene rings is 1. The molecule has 0 saturated heterocycles. The van der Waals surface area contributed by atoms with Crippen molar-refractivity contribution >= 4 is 47.0 Å². The van der Waals surface area contributed by atoms with Gasteiger partial charge in [0.05, 0.1) is 19.6 Å². The number of rotatable bonds is 0. The SMILES string of the molecule is [C-]#[N+]C([N+]#[C-])=C1Sc2c(F)c3c(c(C#N)c2S1)SC(=C(C#N)C#N)S3. The summed E-state index contributed by atoms with van der Waals surface area (Å²) in [5, 5.41) is 27.5. The summed E-state index contributed by atoms with van der Waals surface area (Å²) in [6.45, 7) is 14.0. The van der Waals surface area contributed by atoms with Crippen molar-refractivity contribution in [1.82, 2.24) is 0 Å². The van der Waals surface area contributed by atoms with E-state index in [9.17, 15) is 9.65 Å². The van der Waals surface area contributed by atoms with Crippen LogP contribution in [0.15, 0.2) is 39.5 Å². The first-order valence-corrected chi connectivity index (χ1v) is 9.40. The lowest BCUT2D eigenvalue weighted by molar-refractivity contribution is 0.559. The molecule has 1 aromatic rings. The zero-order chi connectivity index (χ0) is 18.1. The first-order valence-electron chi connectivity index (χ1n) is 6.14. The Balaban J connectivity index is 2.22. The first kappa shape index (κ1) is 17.3. The van der Waals surface area contributed by atoms with E-state index in [-0.39, 0.29) is 26.7 Å². The maximum Gasteiger partial charge on any atom is 0.540 e. The fourth-order valence-electron chi connectivity index (χ4n) is 1.95. The molecule has 2 aliphatic rings. The smallest absolute Gasteiger partial charge is 0.204 e. The molecule has 0 unspecified atom stereocenters. The zero-order valence-corrected chi connectivity index (χ0v) is 15.0. The fourth-order valence-corrected chi connectivity index (χ4v) is 7.04. The van der Waals surface area contributed by atoms with E-state index in [1.807, 2.05) is 6.07 Å². The number of hydrogen-bond acceptors (Lipinski definition) is 7. The minimum absolute atomic E-state index is 0.126. The van der Waals surface area contributed by atoms with E-state index in [1.165, 1.54) is 0 Å². The molecular formula is C15FN5S4. The molecule has 0 aliphatic carbocycles. The van der Waals surface area contributed by atoms with Gasteiger partial charge >= 0.3 is 5.82 Å². The molecule has 0 saturated carbocycles. The van der Waals surface area contributed by atoms with Crippen LogP contribution in [-0.4, -0.2) is 0 Å². The van der Waals surface area contributed by atoms with Crippen molar-refractivity contribution < 1.29 is 4.39 Å². The molecule has 1 aromatic carbocycles. The Labute approximate surface area is 158 Å². The second kappa shape index (κ2) is 6.77. The Bertz CT molecular complexity index is 1000. The molecule has 0 atom stereocenters. The van der Waals surface area contributed by atoms with Crippen LogP contribution < -0.4 is 0 Å². The maximum absolute atomic E-state index is 14.9. The summed E-state index contributed by atoms with van der Waals surface area (Å²) in [7, 11) is 0. The summed E-state index contributed by atoms with van der Waals surface area (Å²) >= 11 is 3.96. The van der Waals surface area contributed by atoms with Gasteiger partial charge in [0.1, 0.15) is 41.2 Å². The lowest BCUT2D eigenvalue weighted by atomic mass is 10.2. The van der Waals surface area contributed by atoms with E-state index in [2.05, 4.69) is 9.69 Å². The Kier molecular flexibility index (Phi) is 4.69. The predicted molar refractivity (Wildman–Crippen MR) is 93.0 cm³/mol. The number of hydrogen-bond donors (Lipinski definition) is 0. The quantitative estimate of drug-likeness (QED) is 0.433. The van der Waals surface area contributed by atoms with Crippen LogP contribution >= 0.6 is 47.0 Å². The molecule has 10 heteroatoms. The minimum atomic E-state index is -0.562. The fraction of sp³-hybridized carbons (Fsp3) is 0. The van der Waals surface area contributed by atoms with E-state index in [0.29, 0.717) is 18.3 Å². The number of nitrogens with zero attached hydrogens (tertiary/aromatic N) is 5. The van der Waals surface area contributed by atoms with Gasteiger partial charge < -0.3 is 0 Å². The third-order valence-electron chi connectivity index (χ3n) is 2.98. The van der Waals surface area contributed by atoms with Crippen LogP contribution in [0.4, 0.5) is 4.39 Å². The lowest BCUT2D eigenvalue weighted by Gasteiger charge is -2.06. The van der Waals surface area contributed by atoms with Gasteiger partial charge in [0.2, 0.25) is 0 Å². The van der Waals surface area contributed by atoms with Gasteiger partial charge in [-0.25, -0.2) is 4.39 Å². The van der Waals surface area contributed by atoms with Crippen LogP contribution in [0.25, 0.3) is 9.69 Å². The largest absolute Gasteiger partial charge is 0.540 e. The highest BCUT2D eigenvalue weighted by atomic mass is 32.2. The summed E-state index contributed by atoms with van der Waals surface area (Å²) < 4.78 is 15.6. The molecule has 2 aliphatic heterocycles. The molecule has 0 spiro atoms. The van der Waals surface area contributed by atoms with Crippen LogP contribution in [0, 0.1) is 53.0 Å². The van der Waals surface area contributed by atoms with Gasteiger partial charge in [0.15, 0.2) is 5.82 Å². The molecular weight excluding hydrogens is 397 g/mol. The minimum Gasteiger partial charge on any atom is -0.204 e. The Morgan fingerprint density at radius 1 is 0.840 bits per heavy atom. The predicted octanol–water partition coefficient (Wildman–Crippen LogP) is 5.32. The summed E-state index contributed by atoms with van der Waals surface area (Å²) in [5.74, 6) is -0.722. The van der Waals surface area contributed by atoms with Crippen molar-refractivity contribution in [3.63, 3.8) is 0 Å². The van der Waals surface area contributed by atoms with Gasteiger partial charge in [0.25, 0.3) is 0 Å². The number of fused-ring (bicyclic) bond motifs is 2. The standard InChI is InChI=1S/C15FN5S4/c1-20-13(21-2)15-23-10-7(5-19)9-11(8(16)12(10)25-15)24-14(22-9)6(3-17)4-18. The highest BCUT2D eigenvalue weighted by Gasteiger charge is 2.38. The van der Waals surface area contributed by atoms with Crippen molar-refractivity contribution in [3.8, 4) is 18.2 Å². The van der Waals surface area contributed by atoms with Crippen LogP contribution in [0.2, 0.25) is 0 Å². The van der Waals surface area contributed by atoms with Crippen molar-refractivity contribution in [2.45, 2.75) is 19.6 Å². The third-order valence-corrected chi connectivity index (χ3v) is 8.15. The van der Waals surface area contributed by atoms with Gasteiger partial charge in [-0.3, -0.25) is 0 Å². The second-order valence-corrected chi connectivity index (χ2v) is 8.85. The molecule has 116 valence electrons. The molecule has 0 bridgehead atoms. The van der Waals surface area contributed by atoms with Crippen molar-refractivity contribution in [2.24, 2.45) is 0 Å². The molecule has 0 N–H and O–H groups in total. The van der Waals surface area contributed by atoms with Gasteiger partial charge in [-0.05, 0) is 0 Å². The summed E-state index contributed by atoms with van der Waals surface area (Å²) in [6, 6.07) is 5.58. The Morgan fingerprint density at radius 3 is 1.80 bits per heavy atom. The van der Waals surface area contributed by atoms with E-state index < -0.39 is 5.82 Å². The highest BCUT2D eigenvalue weighted by Crippen LogP contribution is 2.62. The molecule has 25 heavy (non-hydrogen) atoms. The lowest BCUT2D eigenvalue weighted by Crippen LogP contribution is -1.91. The normalized spacial score (nSPS) is 13.6. The number of allylic oxidation sites excluding steroid dienone is 1. The molecule has 0 aromatic heterocycles. The molecule has 0 fully saturated rings. The molecule has 5 nitrogen and oxygen atoms in total. The number of halogens is 1. The second-order valence-electron chi connectivity index (χ2n) is 4.25. The van der Waals surface area contributed by atoms with E-state index >= 15 is 0 Å². The zero-order valence-electron chi connectivity index (χ0n) is 11.7. The van der Waals surface area contributed by atoms with Crippen molar-refractivity contribution in [2.75, 3.05) is 0 Å². The Hall–Kier alpha value is -2.52. The van der Waals surface area contributed by atoms with Gasteiger partial charge in [-0.15, -0.1) is 0 Å². The van der Waals surface area contributed by atoms with Crippen LogP contribution in [0.1, 0.15) is 5.56 Å². The van der Waals surface area contributed by atoms with Crippen LogP contribution in [0.3, 0.4) is 0 Å². The first-order chi connectivity index (χ1) is 12.1. The topological polar surface area (TPSA) is 80.1 Å². The van der Waals surface area contributed by atoms with E-state index in [1.54, 1.807) is 12.1 Å². The van der Waals surface area contributed by atoms with Gasteiger partial charge in [-0.2, -0.15) is 25.5 Å². The van der Waals surface area contributed by atoms with Crippen molar-refractivity contribution in [3.05, 3.63) is 54.1 Å². The molecule has 3 rings (SSSR count). The molecule has 0 amide bonds.